The molecule has 1 aliphatic carbocycles. The highest BCUT2D eigenvalue weighted by Crippen LogP contribution is 2.39. The van der Waals surface area contributed by atoms with Crippen LogP contribution in [0.1, 0.15) is 67.0 Å². The first-order chi connectivity index (χ1) is 9.79. The van der Waals surface area contributed by atoms with Crippen molar-refractivity contribution in [3.05, 3.63) is 17.5 Å². The smallest absolute Gasteiger partial charge is 0.274 e. The number of carbonyl (C=O) groups is 1. The summed E-state index contributed by atoms with van der Waals surface area (Å²) in [5, 5.41) is 16.4. The molecule has 2 aliphatic rings. The van der Waals surface area contributed by atoms with Crippen LogP contribution in [0.15, 0.2) is 6.07 Å². The van der Waals surface area contributed by atoms with Gasteiger partial charge in [0.05, 0.1) is 0 Å². The van der Waals surface area contributed by atoms with Crippen LogP contribution in [0.2, 0.25) is 0 Å². The maximum absolute atomic E-state index is 12.7. The third kappa shape index (κ3) is 2.87. The van der Waals surface area contributed by atoms with E-state index in [1.165, 1.54) is 19.3 Å². The zero-order valence-corrected chi connectivity index (χ0v) is 11.8. The summed E-state index contributed by atoms with van der Waals surface area (Å²) in [5.74, 6) is 0.606. The number of aromatic nitrogens is 2. The number of amides is 1. The second-order valence-electron chi connectivity index (χ2n) is 6.00. The van der Waals surface area contributed by atoms with Crippen LogP contribution < -0.4 is 0 Å². The molecule has 1 saturated carbocycles. The van der Waals surface area contributed by atoms with Crippen LogP contribution in [0.3, 0.4) is 0 Å². The first kappa shape index (κ1) is 13.6. The van der Waals surface area contributed by atoms with Gasteiger partial charge >= 0.3 is 0 Å². The predicted octanol–water partition coefficient (Wildman–Crippen LogP) is 2.05. The van der Waals surface area contributed by atoms with Crippen LogP contribution in [0.4, 0.5) is 0 Å². The number of carbonyl (C=O) groups excluding carboxylic acids is 1. The van der Waals surface area contributed by atoms with E-state index in [1.807, 2.05) is 11.0 Å². The minimum absolute atomic E-state index is 0.0218. The SMILES string of the molecule is O=C(c1cc(C2CC2)[nH]n1)N1CCCCCC1CCO. The molecule has 1 aromatic rings. The maximum Gasteiger partial charge on any atom is 0.274 e. The van der Waals surface area contributed by atoms with Gasteiger partial charge in [0, 0.05) is 30.8 Å². The van der Waals surface area contributed by atoms with Crippen molar-refractivity contribution in [2.75, 3.05) is 13.2 Å². The number of rotatable bonds is 4. The molecule has 1 atom stereocenters. The monoisotopic (exact) mass is 277 g/mol. The average molecular weight is 277 g/mol. The Balaban J connectivity index is 1.74. The van der Waals surface area contributed by atoms with Crippen molar-refractivity contribution >= 4 is 5.91 Å². The fraction of sp³-hybridized carbons (Fsp3) is 0.733. The molecule has 2 heterocycles. The molecule has 5 nitrogen and oxygen atoms in total. The number of hydrogen-bond donors (Lipinski definition) is 2. The molecule has 0 aromatic carbocycles. The zero-order chi connectivity index (χ0) is 13.9. The van der Waals surface area contributed by atoms with E-state index in [0.29, 0.717) is 18.0 Å². The highest BCUT2D eigenvalue weighted by Gasteiger charge is 2.30. The summed E-state index contributed by atoms with van der Waals surface area (Å²) in [4.78, 5) is 14.6. The summed E-state index contributed by atoms with van der Waals surface area (Å²) >= 11 is 0. The zero-order valence-electron chi connectivity index (χ0n) is 11.8. The van der Waals surface area contributed by atoms with Crippen LogP contribution >= 0.6 is 0 Å². The second-order valence-corrected chi connectivity index (χ2v) is 6.00. The number of nitrogens with one attached hydrogen (secondary N) is 1. The fourth-order valence-corrected chi connectivity index (χ4v) is 3.09. The van der Waals surface area contributed by atoms with Gasteiger partial charge in [-0.15, -0.1) is 0 Å². The van der Waals surface area contributed by atoms with Crippen LogP contribution in [0.5, 0.6) is 0 Å². The molecule has 2 fully saturated rings. The molecule has 0 spiro atoms. The number of likely N-dealkylation sites (tertiary alicyclic amines) is 1. The molecule has 110 valence electrons. The van der Waals surface area contributed by atoms with Crippen LogP contribution in [-0.2, 0) is 0 Å². The van der Waals surface area contributed by atoms with Crippen molar-refractivity contribution in [1.82, 2.24) is 15.1 Å². The van der Waals surface area contributed by atoms with Gasteiger partial charge in [0.25, 0.3) is 5.91 Å². The summed E-state index contributed by atoms with van der Waals surface area (Å²) in [6.45, 7) is 0.928. The molecular weight excluding hydrogens is 254 g/mol. The maximum atomic E-state index is 12.7. The molecule has 1 unspecified atom stereocenters. The van der Waals surface area contributed by atoms with Gasteiger partial charge < -0.3 is 10.0 Å². The molecule has 1 saturated heterocycles. The second kappa shape index (κ2) is 5.95. The van der Waals surface area contributed by atoms with Crippen LogP contribution in [-0.4, -0.2) is 45.3 Å². The number of nitrogens with zero attached hydrogens (tertiary/aromatic N) is 2. The van der Waals surface area contributed by atoms with Gasteiger partial charge in [-0.05, 0) is 38.2 Å². The van der Waals surface area contributed by atoms with Gasteiger partial charge in [0.15, 0.2) is 0 Å². The summed E-state index contributed by atoms with van der Waals surface area (Å²) in [6.07, 6.45) is 7.42. The van der Waals surface area contributed by atoms with E-state index in [1.54, 1.807) is 0 Å². The third-order valence-corrected chi connectivity index (χ3v) is 4.43. The van der Waals surface area contributed by atoms with E-state index in [-0.39, 0.29) is 18.6 Å². The van der Waals surface area contributed by atoms with E-state index >= 15 is 0 Å². The van der Waals surface area contributed by atoms with E-state index in [4.69, 9.17) is 0 Å². The van der Waals surface area contributed by atoms with E-state index in [0.717, 1.165) is 31.5 Å². The van der Waals surface area contributed by atoms with Gasteiger partial charge in [0.2, 0.25) is 0 Å². The number of aliphatic hydroxyl groups is 1. The predicted molar refractivity (Wildman–Crippen MR) is 75.6 cm³/mol. The number of H-pyrrole nitrogens is 1. The summed E-state index contributed by atoms with van der Waals surface area (Å²) in [5.41, 5.74) is 1.64. The molecule has 3 rings (SSSR count). The Morgan fingerprint density at radius 2 is 2.20 bits per heavy atom. The molecule has 1 aromatic heterocycles. The van der Waals surface area contributed by atoms with Gasteiger partial charge in [0.1, 0.15) is 5.69 Å². The van der Waals surface area contributed by atoms with Gasteiger partial charge in [-0.25, -0.2) is 0 Å². The van der Waals surface area contributed by atoms with Crippen molar-refractivity contribution in [2.45, 2.75) is 56.9 Å². The van der Waals surface area contributed by atoms with E-state index < -0.39 is 0 Å². The molecule has 2 N–H and O–H groups in total. The van der Waals surface area contributed by atoms with Crippen molar-refractivity contribution in [1.29, 1.82) is 0 Å². The number of aromatic amines is 1. The Kier molecular flexibility index (Phi) is 4.05. The fourth-order valence-electron chi connectivity index (χ4n) is 3.09. The van der Waals surface area contributed by atoms with Crippen LogP contribution in [0, 0.1) is 0 Å². The Morgan fingerprint density at radius 3 is 2.95 bits per heavy atom. The highest BCUT2D eigenvalue weighted by molar-refractivity contribution is 5.92. The Hall–Kier alpha value is -1.36. The van der Waals surface area contributed by atoms with Crippen LogP contribution in [0.25, 0.3) is 0 Å². The Bertz CT molecular complexity index is 467. The lowest BCUT2D eigenvalue weighted by molar-refractivity contribution is 0.0647. The van der Waals surface area contributed by atoms with Crippen molar-refractivity contribution in [3.63, 3.8) is 0 Å². The van der Waals surface area contributed by atoms with E-state index in [9.17, 15) is 9.90 Å². The molecule has 20 heavy (non-hydrogen) atoms. The van der Waals surface area contributed by atoms with Crippen molar-refractivity contribution in [2.24, 2.45) is 0 Å². The summed E-state index contributed by atoms with van der Waals surface area (Å²) in [7, 11) is 0. The van der Waals surface area contributed by atoms with Gasteiger partial charge in [-0.2, -0.15) is 5.10 Å². The largest absolute Gasteiger partial charge is 0.396 e. The Labute approximate surface area is 119 Å². The van der Waals surface area contributed by atoms with Crippen molar-refractivity contribution in [3.8, 4) is 0 Å². The lowest BCUT2D eigenvalue weighted by Crippen LogP contribution is -2.40. The highest BCUT2D eigenvalue weighted by atomic mass is 16.3. The first-order valence-electron chi connectivity index (χ1n) is 7.76. The quantitative estimate of drug-likeness (QED) is 0.885. The van der Waals surface area contributed by atoms with Crippen molar-refractivity contribution < 1.29 is 9.90 Å². The van der Waals surface area contributed by atoms with Gasteiger partial charge in [-0.3, -0.25) is 9.89 Å². The molecule has 5 heteroatoms. The Morgan fingerprint density at radius 1 is 1.35 bits per heavy atom. The average Bonchev–Trinajstić information content (AvgIpc) is 3.23. The van der Waals surface area contributed by atoms with Gasteiger partial charge in [-0.1, -0.05) is 12.8 Å². The lowest BCUT2D eigenvalue weighted by atomic mass is 10.1. The summed E-state index contributed by atoms with van der Waals surface area (Å²) in [6, 6.07) is 2.08. The molecule has 1 amide bonds. The topological polar surface area (TPSA) is 69.2 Å². The molecular formula is C15H23N3O2. The normalized spacial score (nSPS) is 23.6. The number of hydrogen-bond acceptors (Lipinski definition) is 3. The molecule has 1 aliphatic heterocycles. The summed E-state index contributed by atoms with van der Waals surface area (Å²) < 4.78 is 0. The first-order valence-corrected chi connectivity index (χ1v) is 7.76. The molecule has 0 radical (unpaired) electrons. The van der Waals surface area contributed by atoms with E-state index in [2.05, 4.69) is 10.2 Å². The minimum Gasteiger partial charge on any atom is -0.396 e. The standard InChI is InChI=1S/C15H23N3O2/c19-9-7-12-4-2-1-3-8-18(12)15(20)14-10-13(16-17-14)11-5-6-11/h10-12,19H,1-9H2,(H,16,17). The number of aliphatic hydroxyl groups excluding tert-OH is 1. The minimum atomic E-state index is 0.0218. The lowest BCUT2D eigenvalue weighted by Gasteiger charge is -2.29. The third-order valence-electron chi connectivity index (χ3n) is 4.43. The molecule has 0 bridgehead atoms.